The van der Waals surface area contributed by atoms with Crippen molar-refractivity contribution in [2.24, 2.45) is 0 Å². The van der Waals surface area contributed by atoms with E-state index < -0.39 is 0 Å². The van der Waals surface area contributed by atoms with E-state index in [-0.39, 0.29) is 5.91 Å². The number of benzene rings is 1. The highest BCUT2D eigenvalue weighted by Gasteiger charge is 2.22. The Kier molecular flexibility index (Phi) is 3.85. The molecule has 0 unspecified atom stereocenters. The first-order valence-electron chi connectivity index (χ1n) is 6.13. The van der Waals surface area contributed by atoms with Gasteiger partial charge in [0.15, 0.2) is 0 Å². The van der Waals surface area contributed by atoms with Crippen molar-refractivity contribution in [1.82, 2.24) is 5.32 Å². The molecular formula is C13H19N3O. The van der Waals surface area contributed by atoms with E-state index in [1.165, 1.54) is 0 Å². The van der Waals surface area contributed by atoms with Crippen LogP contribution in [0, 0.1) is 0 Å². The van der Waals surface area contributed by atoms with Gasteiger partial charge in [-0.2, -0.15) is 0 Å². The summed E-state index contributed by atoms with van der Waals surface area (Å²) >= 11 is 0. The number of nitrogens with one attached hydrogen (secondary N) is 2. The van der Waals surface area contributed by atoms with Crippen LogP contribution in [-0.2, 0) is 4.79 Å². The lowest BCUT2D eigenvalue weighted by molar-refractivity contribution is -0.121. The molecule has 1 aromatic rings. The van der Waals surface area contributed by atoms with E-state index in [4.69, 9.17) is 5.73 Å². The molecule has 17 heavy (non-hydrogen) atoms. The average molecular weight is 233 g/mol. The van der Waals surface area contributed by atoms with Crippen LogP contribution in [0.3, 0.4) is 0 Å². The topological polar surface area (TPSA) is 67.1 Å². The second-order valence-corrected chi connectivity index (χ2v) is 4.49. The van der Waals surface area contributed by atoms with Crippen LogP contribution in [0.4, 0.5) is 11.4 Å². The Hall–Kier alpha value is -1.71. The smallest absolute Gasteiger partial charge is 0.220 e. The monoisotopic (exact) mass is 233 g/mol. The van der Waals surface area contributed by atoms with E-state index in [1.807, 2.05) is 24.3 Å². The SMILES string of the molecule is Nc1ccc(NCCCC(=O)NC2CC2)cc1. The van der Waals surface area contributed by atoms with Crippen LogP contribution in [0.15, 0.2) is 24.3 Å². The number of anilines is 2. The largest absolute Gasteiger partial charge is 0.399 e. The first-order chi connectivity index (χ1) is 8.24. The highest BCUT2D eigenvalue weighted by Crippen LogP contribution is 2.18. The van der Waals surface area contributed by atoms with Crippen LogP contribution in [0.25, 0.3) is 0 Å². The third kappa shape index (κ3) is 4.34. The highest BCUT2D eigenvalue weighted by atomic mass is 16.1. The summed E-state index contributed by atoms with van der Waals surface area (Å²) in [7, 11) is 0. The summed E-state index contributed by atoms with van der Waals surface area (Å²) in [4.78, 5) is 11.4. The molecule has 1 saturated carbocycles. The van der Waals surface area contributed by atoms with Crippen molar-refractivity contribution < 1.29 is 4.79 Å². The minimum atomic E-state index is 0.173. The fourth-order valence-corrected chi connectivity index (χ4v) is 1.61. The molecule has 92 valence electrons. The van der Waals surface area contributed by atoms with E-state index in [9.17, 15) is 4.79 Å². The number of hydrogen-bond donors (Lipinski definition) is 3. The maximum absolute atomic E-state index is 11.4. The van der Waals surface area contributed by atoms with Crippen LogP contribution < -0.4 is 16.4 Å². The summed E-state index contributed by atoms with van der Waals surface area (Å²) in [6, 6.07) is 8.08. The Balaban J connectivity index is 1.59. The lowest BCUT2D eigenvalue weighted by atomic mass is 10.2. The van der Waals surface area contributed by atoms with Gasteiger partial charge in [-0.25, -0.2) is 0 Å². The van der Waals surface area contributed by atoms with Crippen molar-refractivity contribution in [1.29, 1.82) is 0 Å². The summed E-state index contributed by atoms with van der Waals surface area (Å²) in [5, 5.41) is 6.24. The zero-order valence-corrected chi connectivity index (χ0v) is 9.91. The second-order valence-electron chi connectivity index (χ2n) is 4.49. The molecule has 1 amide bonds. The molecule has 1 aromatic carbocycles. The van der Waals surface area contributed by atoms with Crippen molar-refractivity contribution in [3.8, 4) is 0 Å². The number of nitrogens with two attached hydrogens (primary N) is 1. The zero-order valence-electron chi connectivity index (χ0n) is 9.91. The van der Waals surface area contributed by atoms with Gasteiger partial charge >= 0.3 is 0 Å². The Bertz CT molecular complexity index is 371. The molecule has 0 aromatic heterocycles. The van der Waals surface area contributed by atoms with Crippen molar-refractivity contribution in [3.63, 3.8) is 0 Å². The van der Waals surface area contributed by atoms with Crippen molar-refractivity contribution in [3.05, 3.63) is 24.3 Å². The van der Waals surface area contributed by atoms with Crippen LogP contribution in [0.1, 0.15) is 25.7 Å². The van der Waals surface area contributed by atoms with Gasteiger partial charge in [-0.1, -0.05) is 0 Å². The van der Waals surface area contributed by atoms with Crippen molar-refractivity contribution >= 4 is 17.3 Å². The molecule has 4 N–H and O–H groups in total. The molecule has 1 aliphatic rings. The molecule has 0 bridgehead atoms. The predicted octanol–water partition coefficient (Wildman–Crippen LogP) is 1.74. The molecule has 0 radical (unpaired) electrons. The summed E-state index contributed by atoms with van der Waals surface area (Å²) in [5.41, 5.74) is 7.40. The molecule has 4 nitrogen and oxygen atoms in total. The Morgan fingerprint density at radius 2 is 2.00 bits per heavy atom. The molecule has 0 saturated heterocycles. The van der Waals surface area contributed by atoms with Crippen LogP contribution >= 0.6 is 0 Å². The van der Waals surface area contributed by atoms with Gasteiger partial charge in [0.05, 0.1) is 0 Å². The second kappa shape index (κ2) is 5.57. The van der Waals surface area contributed by atoms with Gasteiger partial charge in [0.1, 0.15) is 0 Å². The van der Waals surface area contributed by atoms with E-state index in [2.05, 4.69) is 10.6 Å². The maximum Gasteiger partial charge on any atom is 0.220 e. The molecule has 2 rings (SSSR count). The molecule has 4 heteroatoms. The highest BCUT2D eigenvalue weighted by molar-refractivity contribution is 5.76. The lowest BCUT2D eigenvalue weighted by Gasteiger charge is -2.06. The van der Waals surface area contributed by atoms with E-state index >= 15 is 0 Å². The molecular weight excluding hydrogens is 214 g/mol. The molecule has 0 atom stereocenters. The van der Waals surface area contributed by atoms with Gasteiger partial charge in [0, 0.05) is 30.4 Å². The Morgan fingerprint density at radius 1 is 1.29 bits per heavy atom. The van der Waals surface area contributed by atoms with E-state index in [1.54, 1.807) is 0 Å². The van der Waals surface area contributed by atoms with Gasteiger partial charge < -0.3 is 16.4 Å². The normalized spacial score (nSPS) is 14.4. The molecule has 0 spiro atoms. The number of carbonyl (C=O) groups excluding carboxylic acids is 1. The third-order valence-electron chi connectivity index (χ3n) is 2.76. The van der Waals surface area contributed by atoms with Crippen LogP contribution in [0.5, 0.6) is 0 Å². The number of carbonyl (C=O) groups is 1. The van der Waals surface area contributed by atoms with Crippen LogP contribution in [0.2, 0.25) is 0 Å². The molecule has 0 aliphatic heterocycles. The van der Waals surface area contributed by atoms with Gasteiger partial charge in [0.2, 0.25) is 5.91 Å². The Morgan fingerprint density at radius 3 is 2.65 bits per heavy atom. The summed E-state index contributed by atoms with van der Waals surface area (Å²) in [6.45, 7) is 0.808. The Labute approximate surface area is 102 Å². The molecule has 1 aliphatic carbocycles. The first-order valence-corrected chi connectivity index (χ1v) is 6.13. The number of nitrogen functional groups attached to an aromatic ring is 1. The molecule has 1 fully saturated rings. The number of rotatable bonds is 6. The average Bonchev–Trinajstić information content (AvgIpc) is 3.11. The van der Waals surface area contributed by atoms with Gasteiger partial charge in [-0.05, 0) is 43.5 Å². The minimum absolute atomic E-state index is 0.173. The quantitative estimate of drug-likeness (QED) is 0.518. The van der Waals surface area contributed by atoms with Crippen molar-refractivity contribution in [2.45, 2.75) is 31.7 Å². The predicted molar refractivity (Wildman–Crippen MR) is 69.7 cm³/mol. The summed E-state index contributed by atoms with van der Waals surface area (Å²) in [5.74, 6) is 0.173. The third-order valence-corrected chi connectivity index (χ3v) is 2.76. The van der Waals surface area contributed by atoms with Crippen LogP contribution in [-0.4, -0.2) is 18.5 Å². The van der Waals surface area contributed by atoms with Crippen molar-refractivity contribution in [2.75, 3.05) is 17.6 Å². The van der Waals surface area contributed by atoms with E-state index in [0.717, 1.165) is 37.2 Å². The molecule has 0 heterocycles. The fraction of sp³-hybridized carbons (Fsp3) is 0.462. The van der Waals surface area contributed by atoms with Gasteiger partial charge in [-0.3, -0.25) is 4.79 Å². The fourth-order valence-electron chi connectivity index (χ4n) is 1.61. The van der Waals surface area contributed by atoms with Gasteiger partial charge in [-0.15, -0.1) is 0 Å². The van der Waals surface area contributed by atoms with E-state index in [0.29, 0.717) is 12.5 Å². The lowest BCUT2D eigenvalue weighted by Crippen LogP contribution is -2.25. The summed E-state index contributed by atoms with van der Waals surface area (Å²) < 4.78 is 0. The summed E-state index contributed by atoms with van der Waals surface area (Å²) in [6.07, 6.45) is 3.74. The standard InChI is InChI=1S/C13H19N3O/c14-10-3-5-11(6-4-10)15-9-1-2-13(17)16-12-7-8-12/h3-6,12,15H,1-2,7-9,14H2,(H,16,17). The minimum Gasteiger partial charge on any atom is -0.399 e. The number of hydrogen-bond acceptors (Lipinski definition) is 3. The maximum atomic E-state index is 11.4. The number of amides is 1. The van der Waals surface area contributed by atoms with Gasteiger partial charge in [0.25, 0.3) is 0 Å². The first kappa shape index (κ1) is 11.8. The zero-order chi connectivity index (χ0) is 12.1.